The zero-order chi connectivity index (χ0) is 18.6. The van der Waals surface area contributed by atoms with Gasteiger partial charge in [-0.25, -0.2) is 0 Å². The van der Waals surface area contributed by atoms with E-state index in [0.717, 1.165) is 49.2 Å². The van der Waals surface area contributed by atoms with E-state index in [4.69, 9.17) is 0 Å². The second-order valence-corrected chi connectivity index (χ2v) is 7.20. The number of nitrogens with one attached hydrogen (secondary N) is 2. The second kappa shape index (κ2) is 7.90. The van der Waals surface area contributed by atoms with Crippen LogP contribution in [0.4, 0.5) is 0 Å². The van der Waals surface area contributed by atoms with Crippen LogP contribution in [0, 0.1) is 0 Å². The largest absolute Gasteiger partial charge is 0.347 e. The normalized spacial score (nSPS) is 15.9. The summed E-state index contributed by atoms with van der Waals surface area (Å²) in [5, 5.41) is 10.9. The standard InChI is InChI=1S/C21H25N5O/c1-25-10-12-26(13-11-25)15-17-8-6-16(7-9-17)14-22-21(27)20-18-4-2-3-5-19(18)23-24-20/h2-9H,10-15H2,1H3,(H,22,27)(H,23,24). The van der Waals surface area contributed by atoms with Crippen molar-refractivity contribution in [2.45, 2.75) is 13.1 Å². The molecular formula is C21H25N5O. The van der Waals surface area contributed by atoms with Gasteiger partial charge in [-0.3, -0.25) is 14.8 Å². The average molecular weight is 363 g/mol. The second-order valence-electron chi connectivity index (χ2n) is 7.20. The first-order chi connectivity index (χ1) is 13.2. The fourth-order valence-corrected chi connectivity index (χ4v) is 3.43. The number of rotatable bonds is 5. The van der Waals surface area contributed by atoms with Gasteiger partial charge in [0.2, 0.25) is 0 Å². The third-order valence-corrected chi connectivity index (χ3v) is 5.16. The molecule has 1 aliphatic rings. The highest BCUT2D eigenvalue weighted by molar-refractivity contribution is 6.04. The first-order valence-electron chi connectivity index (χ1n) is 9.39. The highest BCUT2D eigenvalue weighted by Gasteiger charge is 2.15. The Hall–Kier alpha value is -2.70. The number of amides is 1. The predicted octanol–water partition coefficient (Wildman–Crippen LogP) is 2.24. The third kappa shape index (κ3) is 4.18. The number of benzene rings is 2. The van der Waals surface area contributed by atoms with Gasteiger partial charge < -0.3 is 10.2 Å². The molecule has 6 heteroatoms. The molecule has 0 atom stereocenters. The smallest absolute Gasteiger partial charge is 0.272 e. The summed E-state index contributed by atoms with van der Waals surface area (Å²) in [6, 6.07) is 16.1. The van der Waals surface area contributed by atoms with Gasteiger partial charge in [0, 0.05) is 44.7 Å². The lowest BCUT2D eigenvalue weighted by Gasteiger charge is -2.32. The van der Waals surface area contributed by atoms with Crippen molar-refractivity contribution >= 4 is 16.8 Å². The first-order valence-corrected chi connectivity index (χ1v) is 9.39. The van der Waals surface area contributed by atoms with E-state index in [9.17, 15) is 4.79 Å². The van der Waals surface area contributed by atoms with Gasteiger partial charge in [-0.15, -0.1) is 0 Å². The van der Waals surface area contributed by atoms with Crippen LogP contribution in [-0.4, -0.2) is 59.1 Å². The van der Waals surface area contributed by atoms with Gasteiger partial charge >= 0.3 is 0 Å². The Morgan fingerprint density at radius 2 is 1.74 bits per heavy atom. The number of H-pyrrole nitrogens is 1. The number of carbonyl (C=O) groups is 1. The molecule has 1 amide bonds. The van der Waals surface area contributed by atoms with Crippen molar-refractivity contribution in [1.29, 1.82) is 0 Å². The molecule has 0 unspecified atom stereocenters. The van der Waals surface area contributed by atoms with Crippen LogP contribution in [0.5, 0.6) is 0 Å². The van der Waals surface area contributed by atoms with Gasteiger partial charge in [0.15, 0.2) is 5.69 Å². The molecule has 2 heterocycles. The van der Waals surface area contributed by atoms with E-state index in [1.54, 1.807) is 0 Å². The summed E-state index contributed by atoms with van der Waals surface area (Å²) in [5.74, 6) is -0.158. The topological polar surface area (TPSA) is 64.3 Å². The molecule has 4 rings (SSSR count). The molecule has 1 fully saturated rings. The van der Waals surface area contributed by atoms with Gasteiger partial charge in [0.25, 0.3) is 5.91 Å². The highest BCUT2D eigenvalue weighted by Crippen LogP contribution is 2.15. The summed E-state index contributed by atoms with van der Waals surface area (Å²) in [5.41, 5.74) is 3.71. The zero-order valence-electron chi connectivity index (χ0n) is 15.6. The minimum absolute atomic E-state index is 0.158. The molecule has 0 bridgehead atoms. The van der Waals surface area contributed by atoms with Crippen LogP contribution in [0.3, 0.4) is 0 Å². The molecule has 1 saturated heterocycles. The summed E-state index contributed by atoms with van der Waals surface area (Å²) in [7, 11) is 2.17. The number of aromatic amines is 1. The molecule has 1 aromatic heterocycles. The number of carbonyl (C=O) groups excluding carboxylic acids is 1. The molecule has 0 aliphatic carbocycles. The highest BCUT2D eigenvalue weighted by atomic mass is 16.1. The van der Waals surface area contributed by atoms with Crippen LogP contribution < -0.4 is 5.32 Å². The Bertz CT molecular complexity index is 910. The molecule has 0 radical (unpaired) electrons. The predicted molar refractivity (Wildman–Crippen MR) is 106 cm³/mol. The lowest BCUT2D eigenvalue weighted by Crippen LogP contribution is -2.43. The van der Waals surface area contributed by atoms with Gasteiger partial charge in [-0.2, -0.15) is 5.10 Å². The molecule has 140 valence electrons. The maximum Gasteiger partial charge on any atom is 0.272 e. The number of para-hydroxylation sites is 1. The van der Waals surface area contributed by atoms with E-state index in [-0.39, 0.29) is 5.91 Å². The van der Waals surface area contributed by atoms with Gasteiger partial charge in [0.1, 0.15) is 0 Å². The van der Waals surface area contributed by atoms with Crippen LogP contribution in [-0.2, 0) is 13.1 Å². The van der Waals surface area contributed by atoms with Crippen LogP contribution in [0.15, 0.2) is 48.5 Å². The van der Waals surface area contributed by atoms with Gasteiger partial charge in [0.05, 0.1) is 5.52 Å². The minimum Gasteiger partial charge on any atom is -0.347 e. The first kappa shape index (κ1) is 17.7. The number of aromatic nitrogens is 2. The zero-order valence-corrected chi connectivity index (χ0v) is 15.6. The fourth-order valence-electron chi connectivity index (χ4n) is 3.43. The van der Waals surface area contributed by atoms with Crippen LogP contribution in [0.1, 0.15) is 21.6 Å². The van der Waals surface area contributed by atoms with Gasteiger partial charge in [-0.05, 0) is 24.2 Å². The summed E-state index contributed by atoms with van der Waals surface area (Å²) < 4.78 is 0. The molecule has 0 spiro atoms. The number of nitrogens with zero attached hydrogens (tertiary/aromatic N) is 3. The number of fused-ring (bicyclic) bond motifs is 1. The summed E-state index contributed by atoms with van der Waals surface area (Å²) >= 11 is 0. The maximum absolute atomic E-state index is 12.4. The minimum atomic E-state index is -0.158. The Morgan fingerprint density at radius 1 is 1.04 bits per heavy atom. The molecule has 27 heavy (non-hydrogen) atoms. The van der Waals surface area contributed by atoms with Crippen LogP contribution in [0.2, 0.25) is 0 Å². The van der Waals surface area contributed by atoms with Crippen LogP contribution >= 0.6 is 0 Å². The number of hydrogen-bond donors (Lipinski definition) is 2. The van der Waals surface area contributed by atoms with Gasteiger partial charge in [-0.1, -0.05) is 42.5 Å². The molecule has 2 aromatic carbocycles. The lowest BCUT2D eigenvalue weighted by atomic mass is 10.1. The molecule has 0 saturated carbocycles. The molecule has 2 N–H and O–H groups in total. The Labute approximate surface area is 159 Å². The molecule has 6 nitrogen and oxygen atoms in total. The van der Waals surface area contributed by atoms with E-state index in [0.29, 0.717) is 12.2 Å². The lowest BCUT2D eigenvalue weighted by molar-refractivity contribution is 0.0947. The number of likely N-dealkylation sites (N-methyl/N-ethyl adjacent to an activating group) is 1. The van der Waals surface area contributed by atoms with Crippen molar-refractivity contribution < 1.29 is 4.79 Å². The monoisotopic (exact) mass is 363 g/mol. The summed E-state index contributed by atoms with van der Waals surface area (Å²) in [6.45, 7) is 5.98. The quantitative estimate of drug-likeness (QED) is 0.730. The molecule has 3 aromatic rings. The van der Waals surface area contributed by atoms with Crippen molar-refractivity contribution in [1.82, 2.24) is 25.3 Å². The van der Waals surface area contributed by atoms with Crippen molar-refractivity contribution in [3.05, 3.63) is 65.4 Å². The van der Waals surface area contributed by atoms with E-state index in [1.165, 1.54) is 5.56 Å². The van der Waals surface area contributed by atoms with E-state index in [2.05, 4.69) is 56.6 Å². The van der Waals surface area contributed by atoms with E-state index in [1.807, 2.05) is 24.3 Å². The summed E-state index contributed by atoms with van der Waals surface area (Å²) in [6.07, 6.45) is 0. The number of hydrogen-bond acceptors (Lipinski definition) is 4. The van der Waals surface area contributed by atoms with Crippen molar-refractivity contribution in [3.8, 4) is 0 Å². The molecule has 1 aliphatic heterocycles. The van der Waals surface area contributed by atoms with Crippen molar-refractivity contribution in [3.63, 3.8) is 0 Å². The van der Waals surface area contributed by atoms with Crippen molar-refractivity contribution in [2.24, 2.45) is 0 Å². The SMILES string of the molecule is CN1CCN(Cc2ccc(CNC(=O)c3n[nH]c4ccccc34)cc2)CC1. The summed E-state index contributed by atoms with van der Waals surface area (Å²) in [4.78, 5) is 17.3. The molecular weight excluding hydrogens is 338 g/mol. The Morgan fingerprint density at radius 3 is 2.52 bits per heavy atom. The maximum atomic E-state index is 12.4. The van der Waals surface area contributed by atoms with E-state index >= 15 is 0 Å². The third-order valence-electron chi connectivity index (χ3n) is 5.16. The van der Waals surface area contributed by atoms with E-state index < -0.39 is 0 Å². The Balaban J connectivity index is 1.32. The van der Waals surface area contributed by atoms with Crippen molar-refractivity contribution in [2.75, 3.05) is 33.2 Å². The average Bonchev–Trinajstić information content (AvgIpc) is 3.13. The van der Waals surface area contributed by atoms with Crippen LogP contribution in [0.25, 0.3) is 10.9 Å². The Kier molecular flexibility index (Phi) is 5.18. The number of piperazine rings is 1. The fraction of sp³-hybridized carbons (Fsp3) is 0.333.